The number of quaternary nitrogens is 1. The van der Waals surface area contributed by atoms with Gasteiger partial charge in [0.05, 0.1) is 34.3 Å². The van der Waals surface area contributed by atoms with Gasteiger partial charge in [0.1, 0.15) is 12.1 Å². The van der Waals surface area contributed by atoms with Gasteiger partial charge in [0, 0.05) is 5.56 Å². The molecule has 2 atom stereocenters. The SMILES string of the molecule is COc1cc2c(c(OC)c1OC)CCC(C(=O)CC[NH2+]C(C)C(O)c1ccccc1)=C2.[Cl-]. The molecule has 1 aliphatic carbocycles. The summed E-state index contributed by atoms with van der Waals surface area (Å²) in [6, 6.07) is 11.5. The van der Waals surface area contributed by atoms with Gasteiger partial charge in [0.2, 0.25) is 5.75 Å². The van der Waals surface area contributed by atoms with E-state index >= 15 is 0 Å². The topological polar surface area (TPSA) is 81.6 Å². The summed E-state index contributed by atoms with van der Waals surface area (Å²) in [5.74, 6) is 1.96. The van der Waals surface area contributed by atoms with Crippen molar-refractivity contribution in [1.29, 1.82) is 0 Å². The number of ketones is 1. The fraction of sp³-hybridized carbons (Fsp3) is 0.400. The summed E-state index contributed by atoms with van der Waals surface area (Å²) in [6.45, 7) is 2.60. The van der Waals surface area contributed by atoms with Crippen LogP contribution in [0.4, 0.5) is 0 Å². The number of ether oxygens (including phenoxy) is 3. The third kappa shape index (κ3) is 5.63. The highest BCUT2D eigenvalue weighted by atomic mass is 35.5. The van der Waals surface area contributed by atoms with Gasteiger partial charge in [0.25, 0.3) is 0 Å². The molecule has 3 rings (SSSR count). The van der Waals surface area contributed by atoms with Crippen LogP contribution in [0.2, 0.25) is 0 Å². The molecular formula is C25H32ClNO5. The van der Waals surface area contributed by atoms with Crippen LogP contribution in [0.5, 0.6) is 17.2 Å². The normalized spacial score (nSPS) is 14.3. The number of rotatable bonds is 10. The fourth-order valence-corrected chi connectivity index (χ4v) is 4.08. The molecule has 0 aliphatic heterocycles. The smallest absolute Gasteiger partial charge is 0.203 e. The average Bonchev–Trinajstić information content (AvgIpc) is 2.81. The molecule has 7 heteroatoms. The molecule has 0 saturated carbocycles. The largest absolute Gasteiger partial charge is 1.00 e. The van der Waals surface area contributed by atoms with Crippen LogP contribution in [0.3, 0.4) is 0 Å². The van der Waals surface area contributed by atoms with Crippen molar-refractivity contribution in [2.45, 2.75) is 38.3 Å². The number of aliphatic hydroxyl groups is 1. The van der Waals surface area contributed by atoms with E-state index in [1.54, 1.807) is 21.3 Å². The van der Waals surface area contributed by atoms with Gasteiger partial charge in [-0.2, -0.15) is 0 Å². The predicted molar refractivity (Wildman–Crippen MR) is 120 cm³/mol. The maximum absolute atomic E-state index is 12.8. The van der Waals surface area contributed by atoms with Gasteiger partial charge >= 0.3 is 0 Å². The molecule has 0 fully saturated rings. The van der Waals surface area contributed by atoms with Crippen molar-refractivity contribution in [2.75, 3.05) is 27.9 Å². The molecule has 2 aromatic rings. The minimum absolute atomic E-state index is 0. The lowest BCUT2D eigenvalue weighted by Gasteiger charge is -2.22. The number of nitrogens with two attached hydrogens (primary N) is 1. The number of hydrogen-bond donors (Lipinski definition) is 2. The molecule has 32 heavy (non-hydrogen) atoms. The molecular weight excluding hydrogens is 430 g/mol. The zero-order valence-electron chi connectivity index (χ0n) is 19.1. The first-order valence-electron chi connectivity index (χ1n) is 10.6. The van der Waals surface area contributed by atoms with E-state index in [4.69, 9.17) is 14.2 Å². The third-order valence-electron chi connectivity index (χ3n) is 5.85. The van der Waals surface area contributed by atoms with Gasteiger partial charge in [-0.1, -0.05) is 30.3 Å². The molecule has 6 nitrogen and oxygen atoms in total. The van der Waals surface area contributed by atoms with Crippen molar-refractivity contribution in [2.24, 2.45) is 0 Å². The summed E-state index contributed by atoms with van der Waals surface area (Å²) in [5, 5.41) is 12.5. The highest BCUT2D eigenvalue weighted by Crippen LogP contribution is 2.44. The number of hydrogen-bond acceptors (Lipinski definition) is 5. The average molecular weight is 462 g/mol. The van der Waals surface area contributed by atoms with E-state index in [2.05, 4.69) is 0 Å². The van der Waals surface area contributed by atoms with Crippen molar-refractivity contribution >= 4 is 11.9 Å². The Hall–Kier alpha value is -2.54. The Morgan fingerprint density at radius 2 is 1.75 bits per heavy atom. The molecule has 0 heterocycles. The van der Waals surface area contributed by atoms with Crippen molar-refractivity contribution in [3.05, 3.63) is 58.7 Å². The molecule has 1 aliphatic rings. The second-order valence-electron chi connectivity index (χ2n) is 7.79. The molecule has 2 unspecified atom stereocenters. The highest BCUT2D eigenvalue weighted by molar-refractivity contribution is 6.00. The first kappa shape index (κ1) is 25.7. The quantitative estimate of drug-likeness (QED) is 0.507. The Labute approximate surface area is 196 Å². The van der Waals surface area contributed by atoms with E-state index in [0.717, 1.165) is 22.3 Å². The Bertz CT molecular complexity index is 945. The number of carbonyl (C=O) groups excluding carboxylic acids is 1. The molecule has 3 N–H and O–H groups in total. The van der Waals surface area contributed by atoms with Crippen LogP contribution < -0.4 is 31.9 Å². The van der Waals surface area contributed by atoms with Gasteiger partial charge in [-0.05, 0) is 48.6 Å². The molecule has 0 aromatic heterocycles. The van der Waals surface area contributed by atoms with Crippen LogP contribution in [0.1, 0.15) is 42.6 Å². The Morgan fingerprint density at radius 1 is 1.06 bits per heavy atom. The summed E-state index contributed by atoms with van der Waals surface area (Å²) in [4.78, 5) is 12.8. The van der Waals surface area contributed by atoms with E-state index in [1.807, 2.05) is 54.7 Å². The Balaban J connectivity index is 0.00000363. The van der Waals surface area contributed by atoms with Gasteiger partial charge in [0.15, 0.2) is 17.3 Å². The van der Waals surface area contributed by atoms with Crippen LogP contribution in [0, 0.1) is 0 Å². The van der Waals surface area contributed by atoms with E-state index in [1.165, 1.54) is 0 Å². The van der Waals surface area contributed by atoms with Gasteiger partial charge < -0.3 is 37.0 Å². The molecule has 2 aromatic carbocycles. The fourth-order valence-electron chi connectivity index (χ4n) is 4.08. The maximum Gasteiger partial charge on any atom is 0.203 e. The predicted octanol–water partition coefficient (Wildman–Crippen LogP) is -0.309. The maximum atomic E-state index is 12.8. The highest BCUT2D eigenvalue weighted by Gasteiger charge is 2.25. The number of Topliss-reactive ketones (excluding diaryl/α,β-unsaturated/α-hetero) is 1. The summed E-state index contributed by atoms with van der Waals surface area (Å²) < 4.78 is 16.5. The number of benzene rings is 2. The zero-order valence-corrected chi connectivity index (χ0v) is 19.8. The second-order valence-corrected chi connectivity index (χ2v) is 7.79. The first-order valence-corrected chi connectivity index (χ1v) is 10.6. The number of methoxy groups -OCH3 is 3. The van der Waals surface area contributed by atoms with Crippen molar-refractivity contribution in [3.8, 4) is 17.2 Å². The summed E-state index contributed by atoms with van der Waals surface area (Å²) in [7, 11) is 4.79. The molecule has 0 amide bonds. The second kappa shape index (κ2) is 11.9. The van der Waals surface area contributed by atoms with E-state index in [9.17, 15) is 9.90 Å². The molecule has 0 saturated heterocycles. The number of carbonyl (C=O) groups is 1. The summed E-state index contributed by atoms with van der Waals surface area (Å²) >= 11 is 0. The minimum atomic E-state index is -0.563. The minimum Gasteiger partial charge on any atom is -1.00 e. The Morgan fingerprint density at radius 3 is 2.38 bits per heavy atom. The van der Waals surface area contributed by atoms with Gasteiger partial charge in [-0.3, -0.25) is 4.79 Å². The number of aliphatic hydroxyl groups excluding tert-OH is 1. The number of halogens is 1. The summed E-state index contributed by atoms with van der Waals surface area (Å²) in [6.07, 6.45) is 3.18. The molecule has 174 valence electrons. The molecule has 0 bridgehead atoms. The van der Waals surface area contributed by atoms with Crippen LogP contribution in [-0.2, 0) is 11.2 Å². The number of allylic oxidation sites excluding steroid dienone is 1. The summed E-state index contributed by atoms with van der Waals surface area (Å²) in [5.41, 5.74) is 3.66. The van der Waals surface area contributed by atoms with E-state index in [0.29, 0.717) is 43.1 Å². The van der Waals surface area contributed by atoms with Gasteiger partial charge in [-0.15, -0.1) is 0 Å². The lowest BCUT2D eigenvalue weighted by molar-refractivity contribution is -0.693. The number of fused-ring (bicyclic) bond motifs is 1. The molecule has 0 radical (unpaired) electrons. The molecule has 0 spiro atoms. The van der Waals surface area contributed by atoms with Crippen LogP contribution in [-0.4, -0.2) is 44.8 Å². The first-order chi connectivity index (χ1) is 15.0. The van der Waals surface area contributed by atoms with E-state index < -0.39 is 6.10 Å². The Kier molecular flexibility index (Phi) is 9.57. The van der Waals surface area contributed by atoms with Crippen LogP contribution in [0.25, 0.3) is 6.08 Å². The van der Waals surface area contributed by atoms with E-state index in [-0.39, 0.29) is 24.2 Å². The standard InChI is InChI=1S/C25H31NO5.ClH/c1-16(23(28)17-8-6-5-7-9-17)26-13-12-21(27)18-10-11-20-19(14-18)15-22(29-2)25(31-4)24(20)30-3;/h5-9,14-16,23,26,28H,10-13H2,1-4H3;1H. The lowest BCUT2D eigenvalue weighted by atomic mass is 9.88. The third-order valence-corrected chi connectivity index (χ3v) is 5.85. The zero-order chi connectivity index (χ0) is 22.4. The lowest BCUT2D eigenvalue weighted by Crippen LogP contribution is -3.00. The van der Waals surface area contributed by atoms with Crippen molar-refractivity contribution < 1.29 is 41.8 Å². The van der Waals surface area contributed by atoms with Crippen LogP contribution in [0.15, 0.2) is 42.0 Å². The van der Waals surface area contributed by atoms with Crippen molar-refractivity contribution in [1.82, 2.24) is 0 Å². The van der Waals surface area contributed by atoms with Gasteiger partial charge in [-0.25, -0.2) is 0 Å². The van der Waals surface area contributed by atoms with Crippen LogP contribution >= 0.6 is 0 Å². The monoisotopic (exact) mass is 461 g/mol. The van der Waals surface area contributed by atoms with Crippen molar-refractivity contribution in [3.63, 3.8) is 0 Å².